The number of carbonyl (C=O) groups excluding carboxylic acids is 1. The molecule has 34 heavy (non-hydrogen) atoms. The summed E-state index contributed by atoms with van der Waals surface area (Å²) in [6, 6.07) is 14.9. The van der Waals surface area contributed by atoms with E-state index in [4.69, 9.17) is 14.0 Å². The number of hydrogen-bond acceptors (Lipinski definition) is 5. The summed E-state index contributed by atoms with van der Waals surface area (Å²) in [5, 5.41) is 2.62. The number of carbonyl (C=O) groups is 1. The Kier molecular flexibility index (Phi) is 7.62. The van der Waals surface area contributed by atoms with Crippen LogP contribution in [0.15, 0.2) is 60.1 Å². The average molecular weight is 477 g/mol. The molecule has 10 heteroatoms. The van der Waals surface area contributed by atoms with Gasteiger partial charge < -0.3 is 24.1 Å². The topological polar surface area (TPSA) is 66.0 Å². The molecular weight excluding hydrogens is 450 g/mol. The van der Waals surface area contributed by atoms with Crippen LogP contribution >= 0.6 is 0 Å². The van der Waals surface area contributed by atoms with Crippen molar-refractivity contribution in [3.05, 3.63) is 71.2 Å². The van der Waals surface area contributed by atoms with Crippen molar-refractivity contribution in [3.63, 3.8) is 0 Å². The van der Waals surface area contributed by atoms with E-state index in [1.54, 1.807) is 6.07 Å². The number of alkyl carbamates (subject to hydrolysis) is 1. The highest BCUT2D eigenvalue weighted by molar-refractivity contribution is 6.56. The Morgan fingerprint density at radius 3 is 2.21 bits per heavy atom. The molecule has 1 N–H and O–H groups in total. The third-order valence-corrected chi connectivity index (χ3v) is 5.69. The van der Waals surface area contributed by atoms with Crippen LogP contribution in [0.3, 0.4) is 0 Å². The zero-order valence-electron chi connectivity index (χ0n) is 19.4. The molecule has 182 valence electrons. The SMILES string of the molecule is CC1(C)OB(C(=Cc2ccccc2OC(F)(F)F)CNC(=O)OCc2ccccc2)OC1(C)C. The highest BCUT2D eigenvalue weighted by Crippen LogP contribution is 2.39. The van der Waals surface area contributed by atoms with E-state index in [9.17, 15) is 18.0 Å². The van der Waals surface area contributed by atoms with Crippen LogP contribution in [0, 0.1) is 0 Å². The van der Waals surface area contributed by atoms with Gasteiger partial charge in [0.2, 0.25) is 0 Å². The fourth-order valence-electron chi connectivity index (χ4n) is 3.16. The molecule has 6 nitrogen and oxygen atoms in total. The van der Waals surface area contributed by atoms with Gasteiger partial charge in [0, 0.05) is 12.1 Å². The lowest BCUT2D eigenvalue weighted by Gasteiger charge is -2.32. The molecule has 0 spiro atoms. The van der Waals surface area contributed by atoms with Crippen molar-refractivity contribution < 1.29 is 36.7 Å². The lowest BCUT2D eigenvalue weighted by molar-refractivity contribution is -0.274. The smallest absolute Gasteiger partial charge is 0.445 e. The quantitative estimate of drug-likeness (QED) is 0.532. The average Bonchev–Trinajstić information content (AvgIpc) is 2.97. The molecule has 1 aliphatic rings. The van der Waals surface area contributed by atoms with E-state index in [0.717, 1.165) is 5.56 Å². The van der Waals surface area contributed by atoms with Gasteiger partial charge in [-0.1, -0.05) is 54.6 Å². The Bertz CT molecular complexity index is 1010. The van der Waals surface area contributed by atoms with Crippen LogP contribution in [0.4, 0.5) is 18.0 Å². The van der Waals surface area contributed by atoms with Crippen molar-refractivity contribution in [2.24, 2.45) is 0 Å². The number of amides is 1. The van der Waals surface area contributed by atoms with E-state index >= 15 is 0 Å². The molecule has 1 fully saturated rings. The van der Waals surface area contributed by atoms with Gasteiger partial charge >= 0.3 is 19.6 Å². The van der Waals surface area contributed by atoms with E-state index in [1.165, 1.54) is 24.3 Å². The van der Waals surface area contributed by atoms with Crippen molar-refractivity contribution in [1.82, 2.24) is 5.32 Å². The lowest BCUT2D eigenvalue weighted by atomic mass is 9.77. The number of para-hydroxylation sites is 1. The van der Waals surface area contributed by atoms with E-state index in [2.05, 4.69) is 10.1 Å². The van der Waals surface area contributed by atoms with Gasteiger partial charge in [-0.15, -0.1) is 13.2 Å². The maximum atomic E-state index is 12.9. The Morgan fingerprint density at radius 1 is 1.00 bits per heavy atom. The Hall–Kier alpha value is -2.98. The first-order valence-electron chi connectivity index (χ1n) is 10.7. The van der Waals surface area contributed by atoms with Gasteiger partial charge in [-0.3, -0.25) is 0 Å². The Labute approximate surface area is 197 Å². The minimum atomic E-state index is -4.85. The monoisotopic (exact) mass is 477 g/mol. The summed E-state index contributed by atoms with van der Waals surface area (Å²) >= 11 is 0. The predicted octanol–water partition coefficient (Wildman–Crippen LogP) is 5.53. The zero-order valence-corrected chi connectivity index (χ0v) is 19.4. The normalized spacial score (nSPS) is 17.4. The molecule has 0 atom stereocenters. The van der Waals surface area contributed by atoms with Crippen molar-refractivity contribution in [1.29, 1.82) is 0 Å². The summed E-state index contributed by atoms with van der Waals surface area (Å²) < 4.78 is 60.1. The van der Waals surface area contributed by atoms with Gasteiger partial charge in [0.15, 0.2) is 0 Å². The maximum Gasteiger partial charge on any atom is 0.573 e. The van der Waals surface area contributed by atoms with Crippen molar-refractivity contribution in [2.45, 2.75) is 51.9 Å². The van der Waals surface area contributed by atoms with E-state index in [-0.39, 0.29) is 24.5 Å². The predicted molar refractivity (Wildman–Crippen MR) is 122 cm³/mol. The van der Waals surface area contributed by atoms with E-state index in [1.807, 2.05) is 58.0 Å². The van der Waals surface area contributed by atoms with E-state index < -0.39 is 30.8 Å². The maximum absolute atomic E-state index is 12.9. The molecule has 1 saturated heterocycles. The molecule has 0 aromatic heterocycles. The number of nitrogens with one attached hydrogen (secondary N) is 1. The van der Waals surface area contributed by atoms with Crippen LogP contribution in [-0.4, -0.2) is 37.3 Å². The van der Waals surface area contributed by atoms with Gasteiger partial charge in [0.05, 0.1) is 11.2 Å². The molecular formula is C24H27BF3NO5. The van der Waals surface area contributed by atoms with Gasteiger partial charge in [-0.25, -0.2) is 4.79 Å². The Balaban J connectivity index is 1.80. The molecule has 3 rings (SSSR count). The molecule has 1 heterocycles. The molecule has 0 unspecified atom stereocenters. The van der Waals surface area contributed by atoms with Gasteiger partial charge in [-0.2, -0.15) is 0 Å². The fraction of sp³-hybridized carbons (Fsp3) is 0.375. The first kappa shape index (κ1) is 25.6. The second kappa shape index (κ2) is 10.1. The third kappa shape index (κ3) is 6.77. The standard InChI is InChI=1S/C24H27BF3NO5/c1-22(2)23(3,4)34-25(33-22)19(14-18-12-8-9-13-20(18)32-24(26,27)28)15-29-21(30)31-16-17-10-6-5-7-11-17/h5-14H,15-16H2,1-4H3,(H,29,30). The fourth-order valence-corrected chi connectivity index (χ4v) is 3.16. The molecule has 0 radical (unpaired) electrons. The first-order chi connectivity index (χ1) is 15.9. The number of halogens is 3. The highest BCUT2D eigenvalue weighted by Gasteiger charge is 2.52. The van der Waals surface area contributed by atoms with Crippen LogP contribution in [-0.2, 0) is 20.7 Å². The summed E-state index contributed by atoms with van der Waals surface area (Å²) in [5.41, 5.74) is -0.00538. The highest BCUT2D eigenvalue weighted by atomic mass is 19.4. The van der Waals surface area contributed by atoms with Crippen LogP contribution in [0.25, 0.3) is 6.08 Å². The molecule has 1 aliphatic heterocycles. The number of hydrogen-bond donors (Lipinski definition) is 1. The first-order valence-corrected chi connectivity index (χ1v) is 10.7. The molecule has 2 aromatic carbocycles. The summed E-state index contributed by atoms with van der Waals surface area (Å²) in [7, 11) is -0.904. The summed E-state index contributed by atoms with van der Waals surface area (Å²) in [6.45, 7) is 7.41. The number of ether oxygens (including phenoxy) is 2. The lowest BCUT2D eigenvalue weighted by Crippen LogP contribution is -2.41. The zero-order chi connectivity index (χ0) is 25.0. The Morgan fingerprint density at radius 2 is 1.59 bits per heavy atom. The van der Waals surface area contributed by atoms with Crippen LogP contribution in [0.1, 0.15) is 38.8 Å². The number of alkyl halides is 3. The van der Waals surface area contributed by atoms with Crippen LogP contribution < -0.4 is 10.1 Å². The molecule has 0 bridgehead atoms. The van der Waals surface area contributed by atoms with E-state index in [0.29, 0.717) is 5.47 Å². The molecule has 0 aliphatic carbocycles. The van der Waals surface area contributed by atoms with Crippen molar-refractivity contribution >= 4 is 19.3 Å². The second-order valence-corrected chi connectivity index (χ2v) is 8.81. The van der Waals surface area contributed by atoms with Crippen LogP contribution in [0.2, 0.25) is 0 Å². The molecule has 0 saturated carbocycles. The summed E-state index contributed by atoms with van der Waals surface area (Å²) in [6.07, 6.45) is -4.08. The van der Waals surface area contributed by atoms with Gasteiger partial charge in [0.25, 0.3) is 0 Å². The van der Waals surface area contributed by atoms with Gasteiger partial charge in [-0.05, 0) is 44.8 Å². The summed E-state index contributed by atoms with van der Waals surface area (Å²) in [5.74, 6) is -0.379. The van der Waals surface area contributed by atoms with Crippen molar-refractivity contribution in [3.8, 4) is 5.75 Å². The van der Waals surface area contributed by atoms with Crippen LogP contribution in [0.5, 0.6) is 5.75 Å². The number of rotatable bonds is 7. The minimum absolute atomic E-state index is 0.0739. The largest absolute Gasteiger partial charge is 0.573 e. The molecule has 2 aromatic rings. The number of benzene rings is 2. The van der Waals surface area contributed by atoms with Crippen molar-refractivity contribution in [2.75, 3.05) is 6.54 Å². The molecule has 1 amide bonds. The second-order valence-electron chi connectivity index (χ2n) is 8.81. The minimum Gasteiger partial charge on any atom is -0.445 e. The third-order valence-electron chi connectivity index (χ3n) is 5.69. The van der Waals surface area contributed by atoms with Gasteiger partial charge in [0.1, 0.15) is 12.4 Å². The summed E-state index contributed by atoms with van der Waals surface area (Å²) in [4.78, 5) is 12.3.